The molecule has 0 aliphatic heterocycles. The van der Waals surface area contributed by atoms with E-state index in [1.807, 2.05) is 12.1 Å². The van der Waals surface area contributed by atoms with Crippen LogP contribution in [0.3, 0.4) is 0 Å². The van der Waals surface area contributed by atoms with Gasteiger partial charge in [-0.25, -0.2) is 8.78 Å². The molecule has 0 saturated carbocycles. The van der Waals surface area contributed by atoms with Crippen LogP contribution in [-0.2, 0) is 16.1 Å². The quantitative estimate of drug-likeness (QED) is 0.713. The summed E-state index contributed by atoms with van der Waals surface area (Å²) in [5, 5.41) is 2.71. The van der Waals surface area contributed by atoms with Crippen LogP contribution in [-0.4, -0.2) is 25.5 Å². The molecule has 0 spiro atoms. The molecule has 0 aliphatic rings. The third-order valence-corrected chi connectivity index (χ3v) is 2.41. The maximum absolute atomic E-state index is 11.8. The molecule has 1 aromatic carbocycles. The van der Waals surface area contributed by atoms with Crippen molar-refractivity contribution in [1.82, 2.24) is 0 Å². The first-order valence-electron chi connectivity index (χ1n) is 6.06. The van der Waals surface area contributed by atoms with E-state index >= 15 is 0 Å². The first-order chi connectivity index (χ1) is 9.11. The number of halogens is 2. The predicted molar refractivity (Wildman–Crippen MR) is 69.0 cm³/mol. The van der Waals surface area contributed by atoms with Gasteiger partial charge in [0.15, 0.2) is 0 Å². The number of alkyl halides is 2. The molecule has 0 fully saturated rings. The fraction of sp³-hybridized carbons (Fsp3) is 0.462. The van der Waals surface area contributed by atoms with Gasteiger partial charge in [-0.1, -0.05) is 12.1 Å². The van der Waals surface area contributed by atoms with Crippen molar-refractivity contribution in [2.24, 2.45) is 5.73 Å². The summed E-state index contributed by atoms with van der Waals surface area (Å²) in [6, 6.07) is 7.21. The Morgan fingerprint density at radius 2 is 2.00 bits per heavy atom. The number of amides is 1. The van der Waals surface area contributed by atoms with Crippen LogP contribution in [0.25, 0.3) is 0 Å². The Hall–Kier alpha value is -1.53. The maximum atomic E-state index is 11.8. The monoisotopic (exact) mass is 272 g/mol. The lowest BCUT2D eigenvalue weighted by molar-refractivity contribution is -0.116. The van der Waals surface area contributed by atoms with Crippen LogP contribution < -0.4 is 11.1 Å². The largest absolute Gasteiger partial charge is 0.376 e. The van der Waals surface area contributed by atoms with E-state index in [-0.39, 0.29) is 18.9 Å². The number of ether oxygens (including phenoxy) is 1. The Labute approximate surface area is 110 Å². The van der Waals surface area contributed by atoms with Gasteiger partial charge in [0.25, 0.3) is 6.43 Å². The van der Waals surface area contributed by atoms with Crippen molar-refractivity contribution in [3.63, 3.8) is 0 Å². The fourth-order valence-corrected chi connectivity index (χ4v) is 1.45. The molecule has 106 valence electrons. The van der Waals surface area contributed by atoms with Gasteiger partial charge in [-0.05, 0) is 24.1 Å². The van der Waals surface area contributed by atoms with Crippen LogP contribution in [0.5, 0.6) is 0 Å². The SMILES string of the molecule is NCc1ccc(NC(=O)CCCOCC(F)F)cc1. The highest BCUT2D eigenvalue weighted by Crippen LogP contribution is 2.09. The summed E-state index contributed by atoms with van der Waals surface area (Å²) in [5.74, 6) is -0.166. The molecule has 0 radical (unpaired) electrons. The molecule has 0 unspecified atom stereocenters. The molecule has 0 saturated heterocycles. The second kappa shape index (κ2) is 8.55. The molecule has 19 heavy (non-hydrogen) atoms. The molecular weight excluding hydrogens is 254 g/mol. The molecule has 4 nitrogen and oxygen atoms in total. The van der Waals surface area contributed by atoms with E-state index in [1.54, 1.807) is 12.1 Å². The van der Waals surface area contributed by atoms with Gasteiger partial charge in [0, 0.05) is 25.3 Å². The predicted octanol–water partition coefficient (Wildman–Crippen LogP) is 2.15. The molecule has 1 aromatic rings. The van der Waals surface area contributed by atoms with Gasteiger partial charge in [0.2, 0.25) is 5.91 Å². The van der Waals surface area contributed by atoms with Crippen molar-refractivity contribution in [1.29, 1.82) is 0 Å². The highest BCUT2D eigenvalue weighted by Gasteiger charge is 2.04. The van der Waals surface area contributed by atoms with Gasteiger partial charge in [0.05, 0.1) is 0 Å². The standard InChI is InChI=1S/C13H18F2N2O2/c14-12(15)9-19-7-1-2-13(18)17-11-5-3-10(8-16)4-6-11/h3-6,12H,1-2,7-9,16H2,(H,17,18). The summed E-state index contributed by atoms with van der Waals surface area (Å²) in [4.78, 5) is 11.5. The summed E-state index contributed by atoms with van der Waals surface area (Å²) in [7, 11) is 0. The highest BCUT2D eigenvalue weighted by atomic mass is 19.3. The number of carbonyl (C=O) groups is 1. The highest BCUT2D eigenvalue weighted by molar-refractivity contribution is 5.90. The number of nitrogens with two attached hydrogens (primary N) is 1. The Morgan fingerprint density at radius 1 is 1.32 bits per heavy atom. The van der Waals surface area contributed by atoms with Crippen molar-refractivity contribution >= 4 is 11.6 Å². The van der Waals surface area contributed by atoms with Crippen LogP contribution >= 0.6 is 0 Å². The van der Waals surface area contributed by atoms with Crippen molar-refractivity contribution in [2.75, 3.05) is 18.5 Å². The zero-order valence-electron chi connectivity index (χ0n) is 10.6. The van der Waals surface area contributed by atoms with Gasteiger partial charge < -0.3 is 15.8 Å². The minimum Gasteiger partial charge on any atom is -0.376 e. The molecule has 3 N–H and O–H groups in total. The van der Waals surface area contributed by atoms with Crippen molar-refractivity contribution in [3.8, 4) is 0 Å². The van der Waals surface area contributed by atoms with Gasteiger partial charge >= 0.3 is 0 Å². The van der Waals surface area contributed by atoms with Gasteiger partial charge in [-0.2, -0.15) is 0 Å². The number of nitrogens with one attached hydrogen (secondary N) is 1. The summed E-state index contributed by atoms with van der Waals surface area (Å²) in [6.07, 6.45) is -1.81. The number of hydrogen-bond donors (Lipinski definition) is 2. The minimum atomic E-state index is -2.46. The van der Waals surface area contributed by atoms with E-state index in [4.69, 9.17) is 5.73 Å². The van der Waals surface area contributed by atoms with E-state index in [9.17, 15) is 13.6 Å². The lowest BCUT2D eigenvalue weighted by Crippen LogP contribution is -2.13. The molecule has 1 amide bonds. The minimum absolute atomic E-state index is 0.157. The van der Waals surface area contributed by atoms with Crippen LogP contribution in [0.2, 0.25) is 0 Å². The van der Waals surface area contributed by atoms with Crippen molar-refractivity contribution in [2.45, 2.75) is 25.8 Å². The zero-order chi connectivity index (χ0) is 14.1. The van der Waals surface area contributed by atoms with Crippen LogP contribution in [0, 0.1) is 0 Å². The lowest BCUT2D eigenvalue weighted by atomic mass is 10.2. The second-order valence-electron chi connectivity index (χ2n) is 4.02. The molecule has 0 bridgehead atoms. The van der Waals surface area contributed by atoms with Gasteiger partial charge in [-0.3, -0.25) is 4.79 Å². The normalized spacial score (nSPS) is 10.7. The van der Waals surface area contributed by atoms with E-state index < -0.39 is 13.0 Å². The molecule has 0 heterocycles. The number of hydrogen-bond acceptors (Lipinski definition) is 3. The number of rotatable bonds is 8. The third-order valence-electron chi connectivity index (χ3n) is 2.41. The van der Waals surface area contributed by atoms with E-state index in [0.29, 0.717) is 18.7 Å². The van der Waals surface area contributed by atoms with Crippen molar-refractivity contribution < 1.29 is 18.3 Å². The Bertz CT molecular complexity index is 383. The Morgan fingerprint density at radius 3 is 2.58 bits per heavy atom. The molecule has 0 atom stereocenters. The van der Waals surface area contributed by atoms with Gasteiger partial charge in [0.1, 0.15) is 6.61 Å². The zero-order valence-corrected chi connectivity index (χ0v) is 10.6. The number of benzene rings is 1. The maximum Gasteiger partial charge on any atom is 0.261 e. The van der Waals surface area contributed by atoms with Crippen LogP contribution in [0.4, 0.5) is 14.5 Å². The van der Waals surface area contributed by atoms with E-state index in [2.05, 4.69) is 10.1 Å². The summed E-state index contributed by atoms with van der Waals surface area (Å²) in [6.45, 7) is 0.0295. The molecule has 0 aliphatic carbocycles. The molecular formula is C13H18F2N2O2. The Kier molecular flexibility index (Phi) is 6.99. The Balaban J connectivity index is 2.19. The van der Waals surface area contributed by atoms with Crippen LogP contribution in [0.15, 0.2) is 24.3 Å². The average molecular weight is 272 g/mol. The third kappa shape index (κ3) is 6.83. The molecule has 1 rings (SSSR count). The fourth-order valence-electron chi connectivity index (χ4n) is 1.45. The number of carbonyl (C=O) groups excluding carboxylic acids is 1. The first kappa shape index (κ1) is 15.5. The average Bonchev–Trinajstić information content (AvgIpc) is 2.39. The van der Waals surface area contributed by atoms with Crippen LogP contribution in [0.1, 0.15) is 18.4 Å². The molecule has 6 heteroatoms. The van der Waals surface area contributed by atoms with E-state index in [0.717, 1.165) is 5.56 Å². The van der Waals surface area contributed by atoms with Crippen molar-refractivity contribution in [3.05, 3.63) is 29.8 Å². The summed E-state index contributed by atoms with van der Waals surface area (Å²) >= 11 is 0. The lowest BCUT2D eigenvalue weighted by Gasteiger charge is -2.06. The summed E-state index contributed by atoms with van der Waals surface area (Å²) in [5.41, 5.74) is 7.14. The molecule has 0 aromatic heterocycles. The van der Waals surface area contributed by atoms with Gasteiger partial charge in [-0.15, -0.1) is 0 Å². The first-order valence-corrected chi connectivity index (χ1v) is 6.06. The topological polar surface area (TPSA) is 64.3 Å². The second-order valence-corrected chi connectivity index (χ2v) is 4.02. The smallest absolute Gasteiger partial charge is 0.261 e. The summed E-state index contributed by atoms with van der Waals surface area (Å²) < 4.78 is 28.2. The van der Waals surface area contributed by atoms with E-state index in [1.165, 1.54) is 0 Å². The number of anilines is 1.